The Bertz CT molecular complexity index is 1450. The first-order valence-electron chi connectivity index (χ1n) is 9.45. The topological polar surface area (TPSA) is 0 Å². The van der Waals surface area contributed by atoms with Crippen LogP contribution in [0.5, 0.6) is 0 Å². The van der Waals surface area contributed by atoms with Crippen molar-refractivity contribution in [2.75, 3.05) is 0 Å². The Morgan fingerprint density at radius 3 is 2.00 bits per heavy atom. The van der Waals surface area contributed by atoms with Crippen molar-refractivity contribution in [2.45, 2.75) is 6.92 Å². The lowest BCUT2D eigenvalue weighted by Crippen LogP contribution is -1.88. The minimum atomic E-state index is 1.28. The fourth-order valence-corrected chi connectivity index (χ4v) is 4.58. The molecule has 0 unspecified atom stereocenters. The number of aryl methyl sites for hydroxylation is 1. The van der Waals surface area contributed by atoms with Gasteiger partial charge in [-0.25, -0.2) is 0 Å². The van der Waals surface area contributed by atoms with Crippen LogP contribution in [0, 0.1) is 6.92 Å². The molecule has 0 radical (unpaired) electrons. The van der Waals surface area contributed by atoms with Gasteiger partial charge in [-0.3, -0.25) is 0 Å². The summed E-state index contributed by atoms with van der Waals surface area (Å²) in [6, 6.07) is 33.6. The molecule has 0 aliphatic rings. The monoisotopic (exact) mass is 342 g/mol. The van der Waals surface area contributed by atoms with Gasteiger partial charge in [0.05, 0.1) is 0 Å². The van der Waals surface area contributed by atoms with E-state index in [-0.39, 0.29) is 0 Å². The van der Waals surface area contributed by atoms with E-state index in [4.69, 9.17) is 0 Å². The van der Waals surface area contributed by atoms with Crippen molar-refractivity contribution < 1.29 is 0 Å². The molecule has 27 heavy (non-hydrogen) atoms. The quantitative estimate of drug-likeness (QED) is 0.268. The molecular weight excluding hydrogens is 324 g/mol. The van der Waals surface area contributed by atoms with Crippen LogP contribution in [-0.2, 0) is 0 Å². The first-order chi connectivity index (χ1) is 13.3. The molecule has 0 heteroatoms. The van der Waals surface area contributed by atoms with Crippen LogP contribution in [0.15, 0.2) is 91.0 Å². The first-order valence-corrected chi connectivity index (χ1v) is 9.45. The number of hydrogen-bond acceptors (Lipinski definition) is 0. The number of rotatable bonds is 1. The van der Waals surface area contributed by atoms with E-state index in [0.717, 1.165) is 0 Å². The van der Waals surface area contributed by atoms with Crippen LogP contribution in [0.3, 0.4) is 0 Å². The number of fused-ring (bicyclic) bond motifs is 1. The lowest BCUT2D eigenvalue weighted by molar-refractivity contribution is 1.52. The SMILES string of the molecule is Cc1cc2ccc3ccc(-c4ccc5ccccc5c4)c4ccc(c1)c2c34. The van der Waals surface area contributed by atoms with E-state index in [0.29, 0.717) is 0 Å². The van der Waals surface area contributed by atoms with Crippen LogP contribution in [-0.4, -0.2) is 0 Å². The smallest absolute Gasteiger partial charge is 0.00206 e. The maximum atomic E-state index is 2.31. The molecular formula is C27H18. The molecule has 0 aromatic heterocycles. The molecule has 0 aliphatic heterocycles. The second-order valence-corrected chi connectivity index (χ2v) is 7.54. The molecule has 6 aromatic carbocycles. The van der Waals surface area contributed by atoms with Gasteiger partial charge in [-0.15, -0.1) is 0 Å². The minimum Gasteiger partial charge on any atom is -0.0616 e. The second-order valence-electron chi connectivity index (χ2n) is 7.54. The van der Waals surface area contributed by atoms with Crippen molar-refractivity contribution in [2.24, 2.45) is 0 Å². The number of hydrogen-bond donors (Lipinski definition) is 0. The third kappa shape index (κ3) is 2.10. The van der Waals surface area contributed by atoms with Gasteiger partial charge in [-0.05, 0) is 72.8 Å². The van der Waals surface area contributed by atoms with Gasteiger partial charge in [0.15, 0.2) is 0 Å². The average Bonchev–Trinajstić information content (AvgIpc) is 2.71. The molecule has 0 aliphatic carbocycles. The molecule has 0 heterocycles. The highest BCUT2D eigenvalue weighted by Gasteiger charge is 2.12. The Kier molecular flexibility index (Phi) is 2.90. The van der Waals surface area contributed by atoms with E-state index in [2.05, 4.69) is 97.9 Å². The largest absolute Gasteiger partial charge is 0.0616 e. The first kappa shape index (κ1) is 14.8. The van der Waals surface area contributed by atoms with Crippen LogP contribution >= 0.6 is 0 Å². The predicted octanol–water partition coefficient (Wildman–Crippen LogP) is 7.71. The Labute approximate surface area is 158 Å². The predicted molar refractivity (Wildman–Crippen MR) is 118 cm³/mol. The summed E-state index contributed by atoms with van der Waals surface area (Å²) in [6.07, 6.45) is 0. The van der Waals surface area contributed by atoms with Crippen molar-refractivity contribution in [1.29, 1.82) is 0 Å². The third-order valence-electron chi connectivity index (χ3n) is 5.80. The summed E-state index contributed by atoms with van der Waals surface area (Å²) in [4.78, 5) is 0. The standard InChI is InChI=1S/C27H18/c1-17-14-22-9-7-19-10-12-24(25-13-11-23(15-17)26(22)27(19)25)21-8-6-18-4-2-3-5-20(18)16-21/h2-16H,1H3. The average molecular weight is 342 g/mol. The van der Waals surface area contributed by atoms with Gasteiger partial charge < -0.3 is 0 Å². The van der Waals surface area contributed by atoms with Gasteiger partial charge in [0.25, 0.3) is 0 Å². The summed E-state index contributed by atoms with van der Waals surface area (Å²) in [5, 5.41) is 10.7. The van der Waals surface area contributed by atoms with E-state index < -0.39 is 0 Å². The summed E-state index contributed by atoms with van der Waals surface area (Å²) in [5.74, 6) is 0. The Morgan fingerprint density at radius 1 is 0.481 bits per heavy atom. The van der Waals surface area contributed by atoms with Gasteiger partial charge in [-0.2, -0.15) is 0 Å². The minimum absolute atomic E-state index is 1.28. The van der Waals surface area contributed by atoms with Gasteiger partial charge in [-0.1, -0.05) is 84.9 Å². The zero-order valence-corrected chi connectivity index (χ0v) is 15.2. The van der Waals surface area contributed by atoms with Crippen LogP contribution in [0.1, 0.15) is 5.56 Å². The zero-order valence-electron chi connectivity index (χ0n) is 15.2. The van der Waals surface area contributed by atoms with Crippen molar-refractivity contribution in [3.05, 3.63) is 96.6 Å². The molecule has 0 atom stereocenters. The van der Waals surface area contributed by atoms with E-state index in [1.165, 1.54) is 59.8 Å². The van der Waals surface area contributed by atoms with Crippen molar-refractivity contribution in [3.8, 4) is 11.1 Å². The highest BCUT2D eigenvalue weighted by molar-refractivity contribution is 6.25. The molecule has 0 nitrogen and oxygen atoms in total. The summed E-state index contributed by atoms with van der Waals surface area (Å²) in [7, 11) is 0. The van der Waals surface area contributed by atoms with Gasteiger partial charge in [0.2, 0.25) is 0 Å². The van der Waals surface area contributed by atoms with Crippen LogP contribution in [0.4, 0.5) is 0 Å². The molecule has 0 spiro atoms. The van der Waals surface area contributed by atoms with Crippen LogP contribution in [0.25, 0.3) is 54.2 Å². The lowest BCUT2D eigenvalue weighted by atomic mass is 9.89. The molecule has 0 N–H and O–H groups in total. The maximum Gasteiger partial charge on any atom is -0.00206 e. The highest BCUT2D eigenvalue weighted by Crippen LogP contribution is 2.40. The van der Waals surface area contributed by atoms with Gasteiger partial charge in [0, 0.05) is 0 Å². The van der Waals surface area contributed by atoms with Crippen molar-refractivity contribution >= 4 is 43.1 Å². The fraction of sp³-hybridized carbons (Fsp3) is 0.0370. The fourth-order valence-electron chi connectivity index (χ4n) is 4.58. The van der Waals surface area contributed by atoms with Crippen molar-refractivity contribution in [3.63, 3.8) is 0 Å². The summed E-state index contributed by atoms with van der Waals surface area (Å²) < 4.78 is 0. The van der Waals surface area contributed by atoms with E-state index >= 15 is 0 Å². The molecule has 0 bridgehead atoms. The second kappa shape index (κ2) is 5.31. The molecule has 6 aromatic rings. The lowest BCUT2D eigenvalue weighted by Gasteiger charge is -2.15. The molecule has 0 amide bonds. The van der Waals surface area contributed by atoms with Crippen LogP contribution in [0.2, 0.25) is 0 Å². The molecule has 126 valence electrons. The molecule has 0 saturated carbocycles. The summed E-state index contributed by atoms with van der Waals surface area (Å²) in [5.41, 5.74) is 3.90. The van der Waals surface area contributed by atoms with Crippen molar-refractivity contribution in [1.82, 2.24) is 0 Å². The van der Waals surface area contributed by atoms with Crippen LogP contribution < -0.4 is 0 Å². The molecule has 0 fully saturated rings. The number of benzene rings is 6. The van der Waals surface area contributed by atoms with E-state index in [1.54, 1.807) is 0 Å². The molecule has 6 rings (SSSR count). The summed E-state index contributed by atoms with van der Waals surface area (Å²) in [6.45, 7) is 2.18. The van der Waals surface area contributed by atoms with E-state index in [9.17, 15) is 0 Å². The van der Waals surface area contributed by atoms with Gasteiger partial charge in [0.1, 0.15) is 0 Å². The Hall–Kier alpha value is -3.38. The Morgan fingerprint density at radius 2 is 1.15 bits per heavy atom. The van der Waals surface area contributed by atoms with Gasteiger partial charge >= 0.3 is 0 Å². The third-order valence-corrected chi connectivity index (χ3v) is 5.80. The molecule has 0 saturated heterocycles. The Balaban J connectivity index is 1.74. The highest BCUT2D eigenvalue weighted by atomic mass is 14.2. The zero-order chi connectivity index (χ0) is 18.0. The normalized spacial score (nSPS) is 11.9. The summed E-state index contributed by atoms with van der Waals surface area (Å²) >= 11 is 0. The maximum absolute atomic E-state index is 2.31. The van der Waals surface area contributed by atoms with E-state index in [1.807, 2.05) is 0 Å².